The van der Waals surface area contributed by atoms with E-state index in [9.17, 15) is 9.18 Å². The molecule has 0 amide bonds. The number of nitrogens with one attached hydrogen (secondary N) is 1. The average Bonchev–Trinajstić information content (AvgIpc) is 2.38. The minimum absolute atomic E-state index is 0.181. The lowest BCUT2D eigenvalue weighted by molar-refractivity contribution is 0.0698. The van der Waals surface area contributed by atoms with E-state index in [1.165, 1.54) is 18.2 Å². The van der Waals surface area contributed by atoms with Gasteiger partial charge in [0.15, 0.2) is 0 Å². The Morgan fingerprint density at radius 3 is 2.68 bits per heavy atom. The van der Waals surface area contributed by atoms with Crippen LogP contribution in [0.15, 0.2) is 42.5 Å². The van der Waals surface area contributed by atoms with Gasteiger partial charge in [0.25, 0.3) is 0 Å². The Labute approximate surface area is 114 Å². The topological polar surface area (TPSA) is 49.3 Å². The highest BCUT2D eigenvalue weighted by molar-refractivity contribution is 6.31. The lowest BCUT2D eigenvalue weighted by Gasteiger charge is -2.10. The third kappa shape index (κ3) is 3.23. The van der Waals surface area contributed by atoms with Gasteiger partial charge < -0.3 is 10.4 Å². The second-order valence-electron chi connectivity index (χ2n) is 3.94. The molecular weight excluding hydrogens is 269 g/mol. The summed E-state index contributed by atoms with van der Waals surface area (Å²) in [6.07, 6.45) is 0. The molecule has 0 aliphatic heterocycles. The molecule has 0 heterocycles. The molecule has 0 atom stereocenters. The number of anilines is 1. The smallest absolute Gasteiger partial charge is 0.337 e. The number of carbonyl (C=O) groups is 1. The minimum Gasteiger partial charge on any atom is -0.478 e. The Balaban J connectivity index is 2.17. The number of rotatable bonds is 4. The van der Waals surface area contributed by atoms with Crippen LogP contribution in [0.1, 0.15) is 15.9 Å². The fourth-order valence-electron chi connectivity index (χ4n) is 1.68. The van der Waals surface area contributed by atoms with Gasteiger partial charge in [-0.15, -0.1) is 0 Å². The molecule has 2 N–H and O–H groups in total. The molecule has 5 heteroatoms. The van der Waals surface area contributed by atoms with Gasteiger partial charge in [0, 0.05) is 17.3 Å². The first kappa shape index (κ1) is 13.4. The fourth-order valence-corrected chi connectivity index (χ4v) is 1.91. The molecule has 19 heavy (non-hydrogen) atoms. The van der Waals surface area contributed by atoms with Gasteiger partial charge >= 0.3 is 5.97 Å². The van der Waals surface area contributed by atoms with E-state index in [0.717, 1.165) is 0 Å². The highest BCUT2D eigenvalue weighted by Crippen LogP contribution is 2.20. The van der Waals surface area contributed by atoms with Crippen molar-refractivity contribution in [1.29, 1.82) is 0 Å². The summed E-state index contributed by atoms with van der Waals surface area (Å²) < 4.78 is 12.9. The van der Waals surface area contributed by atoms with Crippen LogP contribution in [0.3, 0.4) is 0 Å². The van der Waals surface area contributed by atoms with Crippen molar-refractivity contribution in [2.24, 2.45) is 0 Å². The predicted octanol–water partition coefficient (Wildman–Crippen LogP) is 3.79. The Bertz CT molecular complexity index is 616. The first-order valence-corrected chi connectivity index (χ1v) is 5.96. The standard InChI is InChI=1S/C14H11ClFNO2/c15-12-7-10(16)6-5-9(12)8-17-13-4-2-1-3-11(13)14(18)19/h1-7,17H,8H2,(H,18,19). The fraction of sp³-hybridized carbons (Fsp3) is 0.0714. The zero-order valence-electron chi connectivity index (χ0n) is 9.86. The van der Waals surface area contributed by atoms with Crippen molar-refractivity contribution in [3.8, 4) is 0 Å². The average molecular weight is 280 g/mol. The van der Waals surface area contributed by atoms with Gasteiger partial charge in [0.1, 0.15) is 5.82 Å². The van der Waals surface area contributed by atoms with Crippen molar-refractivity contribution in [3.63, 3.8) is 0 Å². The monoisotopic (exact) mass is 279 g/mol. The van der Waals surface area contributed by atoms with Crippen molar-refractivity contribution in [2.45, 2.75) is 6.54 Å². The predicted molar refractivity (Wildman–Crippen MR) is 72.1 cm³/mol. The van der Waals surface area contributed by atoms with E-state index < -0.39 is 11.8 Å². The maximum absolute atomic E-state index is 12.9. The Morgan fingerprint density at radius 1 is 1.26 bits per heavy atom. The van der Waals surface area contributed by atoms with Crippen LogP contribution >= 0.6 is 11.6 Å². The second kappa shape index (κ2) is 5.71. The van der Waals surface area contributed by atoms with Crippen LogP contribution in [-0.2, 0) is 6.54 Å². The maximum atomic E-state index is 12.9. The van der Waals surface area contributed by atoms with Crippen molar-refractivity contribution >= 4 is 23.3 Å². The summed E-state index contributed by atoms with van der Waals surface area (Å²) in [6, 6.07) is 10.7. The molecule has 98 valence electrons. The van der Waals surface area contributed by atoms with Gasteiger partial charge in [-0.05, 0) is 29.8 Å². The van der Waals surface area contributed by atoms with Crippen LogP contribution in [0.25, 0.3) is 0 Å². The van der Waals surface area contributed by atoms with E-state index in [1.54, 1.807) is 24.3 Å². The number of hydrogen-bond acceptors (Lipinski definition) is 2. The molecule has 3 nitrogen and oxygen atoms in total. The third-order valence-electron chi connectivity index (χ3n) is 2.64. The molecule has 0 spiro atoms. The van der Waals surface area contributed by atoms with E-state index in [0.29, 0.717) is 22.8 Å². The Kier molecular flexibility index (Phi) is 4.02. The van der Waals surface area contributed by atoms with Gasteiger partial charge in [-0.3, -0.25) is 0 Å². The molecule has 2 aromatic rings. The molecule has 0 aromatic heterocycles. The maximum Gasteiger partial charge on any atom is 0.337 e. The van der Waals surface area contributed by atoms with E-state index in [2.05, 4.69) is 5.32 Å². The first-order chi connectivity index (χ1) is 9.08. The molecule has 0 aliphatic carbocycles. The molecular formula is C14H11ClFNO2. The van der Waals surface area contributed by atoms with E-state index in [4.69, 9.17) is 16.7 Å². The molecule has 0 bridgehead atoms. The summed E-state index contributed by atoms with van der Waals surface area (Å²) in [4.78, 5) is 11.0. The second-order valence-corrected chi connectivity index (χ2v) is 4.35. The summed E-state index contributed by atoms with van der Waals surface area (Å²) in [5, 5.41) is 12.3. The van der Waals surface area contributed by atoms with Gasteiger partial charge in [-0.2, -0.15) is 0 Å². The van der Waals surface area contributed by atoms with Gasteiger partial charge in [-0.1, -0.05) is 29.8 Å². The summed E-state index contributed by atoms with van der Waals surface area (Å²) >= 11 is 5.90. The molecule has 0 saturated carbocycles. The zero-order chi connectivity index (χ0) is 13.8. The molecule has 2 rings (SSSR count). The number of carboxylic acid groups (broad SMARTS) is 1. The molecule has 0 unspecified atom stereocenters. The van der Waals surface area contributed by atoms with E-state index >= 15 is 0 Å². The number of hydrogen-bond donors (Lipinski definition) is 2. The normalized spacial score (nSPS) is 10.2. The number of para-hydroxylation sites is 1. The van der Waals surface area contributed by atoms with Crippen LogP contribution < -0.4 is 5.32 Å². The summed E-state index contributed by atoms with van der Waals surface area (Å²) in [5.41, 5.74) is 1.37. The van der Waals surface area contributed by atoms with Crippen LogP contribution in [-0.4, -0.2) is 11.1 Å². The van der Waals surface area contributed by atoms with Crippen LogP contribution in [0.5, 0.6) is 0 Å². The summed E-state index contributed by atoms with van der Waals surface area (Å²) in [7, 11) is 0. The number of aromatic carboxylic acids is 1. The van der Waals surface area contributed by atoms with Crippen LogP contribution in [0.2, 0.25) is 5.02 Å². The molecule has 2 aromatic carbocycles. The largest absolute Gasteiger partial charge is 0.478 e. The van der Waals surface area contributed by atoms with Gasteiger partial charge in [-0.25, -0.2) is 9.18 Å². The molecule has 0 fully saturated rings. The first-order valence-electron chi connectivity index (χ1n) is 5.58. The molecule has 0 radical (unpaired) electrons. The zero-order valence-corrected chi connectivity index (χ0v) is 10.6. The summed E-state index contributed by atoms with van der Waals surface area (Å²) in [5.74, 6) is -1.41. The SMILES string of the molecule is O=C(O)c1ccccc1NCc1ccc(F)cc1Cl. The summed E-state index contributed by atoms with van der Waals surface area (Å²) in [6.45, 7) is 0.323. The highest BCUT2D eigenvalue weighted by Gasteiger charge is 2.09. The van der Waals surface area contributed by atoms with Crippen molar-refractivity contribution in [1.82, 2.24) is 0 Å². The lowest BCUT2D eigenvalue weighted by atomic mass is 10.1. The Morgan fingerprint density at radius 2 is 2.00 bits per heavy atom. The van der Waals surface area contributed by atoms with Crippen molar-refractivity contribution < 1.29 is 14.3 Å². The number of benzene rings is 2. The van der Waals surface area contributed by atoms with Crippen LogP contribution in [0, 0.1) is 5.82 Å². The van der Waals surface area contributed by atoms with E-state index in [-0.39, 0.29) is 5.56 Å². The van der Waals surface area contributed by atoms with Crippen molar-refractivity contribution in [3.05, 3.63) is 64.4 Å². The van der Waals surface area contributed by atoms with Crippen LogP contribution in [0.4, 0.5) is 10.1 Å². The van der Waals surface area contributed by atoms with E-state index in [1.807, 2.05) is 0 Å². The number of halogens is 2. The lowest BCUT2D eigenvalue weighted by Crippen LogP contribution is -2.06. The van der Waals surface area contributed by atoms with Crippen molar-refractivity contribution in [2.75, 3.05) is 5.32 Å². The molecule has 0 aliphatic rings. The highest BCUT2D eigenvalue weighted by atomic mass is 35.5. The number of carboxylic acids is 1. The quantitative estimate of drug-likeness (QED) is 0.895. The molecule has 0 saturated heterocycles. The van der Waals surface area contributed by atoms with Gasteiger partial charge in [0.2, 0.25) is 0 Å². The van der Waals surface area contributed by atoms with Gasteiger partial charge in [0.05, 0.1) is 5.56 Å². The Hall–Kier alpha value is -2.07. The minimum atomic E-state index is -1.01. The third-order valence-corrected chi connectivity index (χ3v) is 2.99.